The first kappa shape index (κ1) is 21.0. The Morgan fingerprint density at radius 2 is 1.77 bits per heavy atom. The third-order valence-corrected chi connectivity index (χ3v) is 5.65. The van der Waals surface area contributed by atoms with E-state index in [0.717, 1.165) is 21.3 Å². The number of benzene rings is 2. The maximum atomic E-state index is 12.2. The molecule has 0 aliphatic carbocycles. The van der Waals surface area contributed by atoms with Crippen LogP contribution in [0.5, 0.6) is 0 Å². The molecule has 0 unspecified atom stereocenters. The Kier molecular flexibility index (Phi) is 6.85. The van der Waals surface area contributed by atoms with Gasteiger partial charge in [0.15, 0.2) is 11.0 Å². The molecule has 0 radical (unpaired) electrons. The third-order valence-electron chi connectivity index (χ3n) is 4.19. The number of hydrazone groups is 1. The van der Waals surface area contributed by atoms with Crippen LogP contribution >= 0.6 is 27.7 Å². The molecule has 0 aliphatic heterocycles. The molecule has 9 heteroatoms. The maximum absolute atomic E-state index is 12.2. The maximum Gasteiger partial charge on any atom is 0.250 e. The van der Waals surface area contributed by atoms with Gasteiger partial charge in [-0.25, -0.2) is 5.43 Å². The normalized spacial score (nSPS) is 11.0. The van der Waals surface area contributed by atoms with E-state index in [9.17, 15) is 4.79 Å². The van der Waals surface area contributed by atoms with Crippen molar-refractivity contribution in [3.8, 4) is 17.1 Å². The van der Waals surface area contributed by atoms with Crippen molar-refractivity contribution in [2.45, 2.75) is 5.16 Å². The van der Waals surface area contributed by atoms with E-state index in [-0.39, 0.29) is 11.7 Å². The lowest BCUT2D eigenvalue weighted by molar-refractivity contribution is -0.118. The smallest absolute Gasteiger partial charge is 0.250 e. The van der Waals surface area contributed by atoms with Crippen LogP contribution in [0.4, 0.5) is 0 Å². The molecule has 1 amide bonds. The van der Waals surface area contributed by atoms with Gasteiger partial charge in [-0.05, 0) is 42.0 Å². The zero-order valence-corrected chi connectivity index (χ0v) is 18.6. The van der Waals surface area contributed by atoms with Gasteiger partial charge in [-0.15, -0.1) is 10.2 Å². The van der Waals surface area contributed by atoms with E-state index >= 15 is 0 Å². The lowest BCUT2D eigenvalue weighted by Crippen LogP contribution is -2.20. The molecule has 0 fully saturated rings. The number of rotatable bonds is 7. The molecular weight excluding hydrogens is 476 g/mol. The number of pyridine rings is 1. The number of halogens is 1. The summed E-state index contributed by atoms with van der Waals surface area (Å²) in [5.41, 5.74) is 5.23. The van der Waals surface area contributed by atoms with Gasteiger partial charge in [-0.2, -0.15) is 5.10 Å². The molecule has 0 aliphatic rings. The van der Waals surface area contributed by atoms with Gasteiger partial charge in [-0.1, -0.05) is 58.0 Å². The van der Waals surface area contributed by atoms with E-state index < -0.39 is 0 Å². The van der Waals surface area contributed by atoms with Crippen LogP contribution in [0, 0.1) is 0 Å². The molecule has 0 saturated carbocycles. The largest absolute Gasteiger partial charge is 0.272 e. The topological polar surface area (TPSA) is 85.1 Å². The molecule has 2 aromatic heterocycles. The number of para-hydroxylation sites is 1. The second-order valence-corrected chi connectivity index (χ2v) is 8.20. The SMILES string of the molecule is O=C(CSc1nnc(-c2ccc(Br)cc2)n1-c1ccccc1)N/N=C\c1ccncc1. The lowest BCUT2D eigenvalue weighted by atomic mass is 10.2. The van der Waals surface area contributed by atoms with E-state index in [2.05, 4.69) is 41.6 Å². The molecule has 2 heterocycles. The highest BCUT2D eigenvalue weighted by atomic mass is 79.9. The summed E-state index contributed by atoms with van der Waals surface area (Å²) in [7, 11) is 0. The summed E-state index contributed by atoms with van der Waals surface area (Å²) in [5.74, 6) is 0.624. The third kappa shape index (κ3) is 5.44. The molecule has 0 spiro atoms. The van der Waals surface area contributed by atoms with Crippen LogP contribution in [0.1, 0.15) is 5.56 Å². The Bertz CT molecular complexity index is 1180. The van der Waals surface area contributed by atoms with Crippen LogP contribution < -0.4 is 5.43 Å². The first-order valence-corrected chi connectivity index (χ1v) is 11.1. The Hall–Kier alpha value is -3.30. The van der Waals surface area contributed by atoms with Crippen LogP contribution in [-0.4, -0.2) is 37.6 Å². The van der Waals surface area contributed by atoms with Gasteiger partial charge < -0.3 is 0 Å². The Labute approximate surface area is 191 Å². The Morgan fingerprint density at radius 1 is 1.03 bits per heavy atom. The standard InChI is InChI=1S/C22H17BrN6OS/c23-18-8-6-17(7-9-18)21-27-28-22(29(21)19-4-2-1-3-5-19)31-15-20(30)26-25-14-16-10-12-24-13-11-16/h1-14H,15H2,(H,26,30)/b25-14-. The number of hydrogen-bond donors (Lipinski definition) is 1. The number of thioether (sulfide) groups is 1. The van der Waals surface area contributed by atoms with Gasteiger partial charge in [0.1, 0.15) is 0 Å². The van der Waals surface area contributed by atoms with Crippen molar-refractivity contribution >= 4 is 39.8 Å². The van der Waals surface area contributed by atoms with Gasteiger partial charge in [0.2, 0.25) is 0 Å². The Balaban J connectivity index is 1.51. The van der Waals surface area contributed by atoms with Crippen LogP contribution in [0.25, 0.3) is 17.1 Å². The van der Waals surface area contributed by atoms with E-state index in [1.807, 2.05) is 59.2 Å². The summed E-state index contributed by atoms with van der Waals surface area (Å²) in [5, 5.41) is 13.3. The molecule has 31 heavy (non-hydrogen) atoms. The fourth-order valence-electron chi connectivity index (χ4n) is 2.75. The molecule has 2 aromatic carbocycles. The van der Waals surface area contributed by atoms with Crippen LogP contribution in [-0.2, 0) is 4.79 Å². The minimum atomic E-state index is -0.233. The van der Waals surface area contributed by atoms with Gasteiger partial charge in [0, 0.05) is 28.1 Å². The molecule has 0 bridgehead atoms. The highest BCUT2D eigenvalue weighted by Gasteiger charge is 2.17. The summed E-state index contributed by atoms with van der Waals surface area (Å²) in [6, 6.07) is 21.3. The van der Waals surface area contributed by atoms with Crippen LogP contribution in [0.3, 0.4) is 0 Å². The first-order valence-electron chi connectivity index (χ1n) is 9.32. The minimum Gasteiger partial charge on any atom is -0.272 e. The second kappa shape index (κ2) is 10.1. The first-order chi connectivity index (χ1) is 15.2. The molecule has 7 nitrogen and oxygen atoms in total. The summed E-state index contributed by atoms with van der Waals surface area (Å²) >= 11 is 4.76. The molecule has 4 aromatic rings. The summed E-state index contributed by atoms with van der Waals surface area (Å²) in [6.07, 6.45) is 4.90. The molecular formula is C22H17BrN6OS. The summed E-state index contributed by atoms with van der Waals surface area (Å²) in [6.45, 7) is 0. The van der Waals surface area contributed by atoms with Gasteiger partial charge in [-0.3, -0.25) is 14.3 Å². The minimum absolute atomic E-state index is 0.152. The number of amides is 1. The fourth-order valence-corrected chi connectivity index (χ4v) is 3.76. The van der Waals surface area contributed by atoms with Gasteiger partial charge in [0.05, 0.1) is 12.0 Å². The predicted octanol–water partition coefficient (Wildman–Crippen LogP) is 4.33. The number of carbonyl (C=O) groups is 1. The lowest BCUT2D eigenvalue weighted by Gasteiger charge is -2.10. The van der Waals surface area contributed by atoms with E-state index in [0.29, 0.717) is 11.0 Å². The Morgan fingerprint density at radius 3 is 2.52 bits per heavy atom. The van der Waals surface area contributed by atoms with E-state index in [4.69, 9.17) is 0 Å². The molecule has 1 N–H and O–H groups in total. The average molecular weight is 493 g/mol. The predicted molar refractivity (Wildman–Crippen MR) is 125 cm³/mol. The number of nitrogens with one attached hydrogen (secondary N) is 1. The van der Waals surface area contributed by atoms with Gasteiger partial charge >= 0.3 is 0 Å². The molecule has 154 valence electrons. The quantitative estimate of drug-likeness (QED) is 0.235. The van der Waals surface area contributed by atoms with E-state index in [1.165, 1.54) is 11.8 Å². The fraction of sp³-hybridized carbons (Fsp3) is 0.0455. The van der Waals surface area contributed by atoms with Crippen LogP contribution in [0.2, 0.25) is 0 Å². The zero-order valence-electron chi connectivity index (χ0n) is 16.2. The number of carbonyl (C=O) groups excluding carboxylic acids is 1. The molecule has 0 saturated heterocycles. The van der Waals surface area contributed by atoms with Crippen molar-refractivity contribution in [3.05, 3.63) is 89.2 Å². The van der Waals surface area contributed by atoms with Crippen molar-refractivity contribution in [1.82, 2.24) is 25.2 Å². The highest BCUT2D eigenvalue weighted by molar-refractivity contribution is 9.10. The van der Waals surface area contributed by atoms with Crippen molar-refractivity contribution in [3.63, 3.8) is 0 Å². The highest BCUT2D eigenvalue weighted by Crippen LogP contribution is 2.28. The number of nitrogens with zero attached hydrogens (tertiary/aromatic N) is 5. The monoisotopic (exact) mass is 492 g/mol. The molecule has 0 atom stereocenters. The van der Waals surface area contributed by atoms with Crippen LogP contribution in [0.15, 0.2) is 93.9 Å². The second-order valence-electron chi connectivity index (χ2n) is 6.35. The van der Waals surface area contributed by atoms with Gasteiger partial charge in [0.25, 0.3) is 5.91 Å². The van der Waals surface area contributed by atoms with Crippen molar-refractivity contribution in [2.75, 3.05) is 5.75 Å². The molecule has 4 rings (SSSR count). The summed E-state index contributed by atoms with van der Waals surface area (Å²) < 4.78 is 2.93. The zero-order chi connectivity index (χ0) is 21.5. The van der Waals surface area contributed by atoms with E-state index in [1.54, 1.807) is 30.7 Å². The van der Waals surface area contributed by atoms with Crippen molar-refractivity contribution in [1.29, 1.82) is 0 Å². The average Bonchev–Trinajstić information content (AvgIpc) is 3.23. The number of hydrogen-bond acceptors (Lipinski definition) is 6. The van der Waals surface area contributed by atoms with Crippen molar-refractivity contribution in [2.24, 2.45) is 5.10 Å². The summed E-state index contributed by atoms with van der Waals surface area (Å²) in [4.78, 5) is 16.2. The number of aromatic nitrogens is 4. The van der Waals surface area contributed by atoms with Crippen molar-refractivity contribution < 1.29 is 4.79 Å².